The molecule has 3 aliphatic carbocycles. The van der Waals surface area contributed by atoms with E-state index in [-0.39, 0.29) is 23.5 Å². The molecular weight excluding hydrogens is 482 g/mol. The fourth-order valence-corrected chi connectivity index (χ4v) is 6.48. The third kappa shape index (κ3) is 3.34. The number of carbonyl (C=O) groups excluding carboxylic acids is 1. The number of aromatic nitrogens is 4. The number of carbonyl (C=O) groups is 2. The van der Waals surface area contributed by atoms with Gasteiger partial charge >= 0.3 is 5.97 Å². The van der Waals surface area contributed by atoms with Crippen LogP contribution in [0.2, 0.25) is 0 Å². The Labute approximate surface area is 219 Å². The molecule has 9 nitrogen and oxygen atoms in total. The maximum absolute atomic E-state index is 13.5. The van der Waals surface area contributed by atoms with Gasteiger partial charge in [-0.3, -0.25) is 19.3 Å². The first kappa shape index (κ1) is 23.2. The van der Waals surface area contributed by atoms with Crippen LogP contribution < -0.4 is 5.32 Å². The average molecular weight is 512 g/mol. The monoisotopic (exact) mass is 511 g/mol. The van der Waals surface area contributed by atoms with Gasteiger partial charge in [0.15, 0.2) is 0 Å². The van der Waals surface area contributed by atoms with E-state index >= 15 is 0 Å². The van der Waals surface area contributed by atoms with Gasteiger partial charge in [0.25, 0.3) is 5.91 Å². The first-order valence-corrected chi connectivity index (χ1v) is 13.1. The minimum atomic E-state index is -0.719. The molecule has 0 atom stereocenters. The lowest BCUT2D eigenvalue weighted by Crippen LogP contribution is -2.41. The van der Waals surface area contributed by atoms with Crippen molar-refractivity contribution in [2.75, 3.05) is 6.61 Å². The second-order valence-corrected chi connectivity index (χ2v) is 11.2. The quantitative estimate of drug-likeness (QED) is 0.300. The lowest BCUT2D eigenvalue weighted by molar-refractivity contribution is -0.141. The molecule has 0 bridgehead atoms. The highest BCUT2D eigenvalue weighted by Gasteiger charge is 2.95. The number of para-hydroxylation sites is 1. The molecule has 1 aromatic carbocycles. The molecule has 0 radical (unpaired) electrons. The predicted molar refractivity (Wildman–Crippen MR) is 139 cm³/mol. The molecule has 1 amide bonds. The Kier molecular flexibility index (Phi) is 4.88. The highest BCUT2D eigenvalue weighted by atomic mass is 16.4. The van der Waals surface area contributed by atoms with Crippen LogP contribution in [0.15, 0.2) is 61.2 Å². The van der Waals surface area contributed by atoms with E-state index in [4.69, 9.17) is 5.11 Å². The number of rotatable bonds is 10. The van der Waals surface area contributed by atoms with Gasteiger partial charge in [-0.05, 0) is 50.3 Å². The van der Waals surface area contributed by atoms with Gasteiger partial charge in [0.05, 0.1) is 34.9 Å². The van der Waals surface area contributed by atoms with Gasteiger partial charge in [0.1, 0.15) is 0 Å². The van der Waals surface area contributed by atoms with Crippen LogP contribution in [-0.2, 0) is 17.9 Å². The topological polar surface area (TPSA) is 122 Å². The minimum Gasteiger partial charge on any atom is -0.481 e. The molecule has 0 spiro atoms. The van der Waals surface area contributed by atoms with E-state index in [1.807, 2.05) is 64.2 Å². The van der Waals surface area contributed by atoms with Crippen molar-refractivity contribution < 1.29 is 19.8 Å². The number of benzene rings is 1. The SMILES string of the molecule is O=C(NC1(C23CC2(C(=O)O)C3)CC1)c1cccc2ccn(Cc3ccc(-c4cnn(CCCO)c4)cn3)c12. The minimum absolute atomic E-state index is 0.135. The number of nitrogens with one attached hydrogen (secondary N) is 1. The summed E-state index contributed by atoms with van der Waals surface area (Å²) in [6.45, 7) is 1.32. The van der Waals surface area contributed by atoms with E-state index in [1.54, 1.807) is 6.20 Å². The maximum atomic E-state index is 13.5. The number of pyridine rings is 1. The molecule has 38 heavy (non-hydrogen) atoms. The number of aliphatic hydroxyl groups is 1. The smallest absolute Gasteiger partial charge is 0.310 e. The van der Waals surface area contributed by atoms with E-state index in [2.05, 4.69) is 15.4 Å². The van der Waals surface area contributed by atoms with E-state index in [0.717, 1.165) is 40.6 Å². The molecular formula is C29H29N5O4. The first-order chi connectivity index (χ1) is 18.4. The lowest BCUT2D eigenvalue weighted by Gasteiger charge is -2.21. The number of aliphatic carboxylic acids is 1. The van der Waals surface area contributed by atoms with Crippen molar-refractivity contribution in [1.82, 2.24) is 24.6 Å². The predicted octanol–water partition coefficient (Wildman–Crippen LogP) is 3.46. The summed E-state index contributed by atoms with van der Waals surface area (Å²) in [5, 5.41) is 27.2. The van der Waals surface area contributed by atoms with Gasteiger partial charge in [0.2, 0.25) is 0 Å². The van der Waals surface area contributed by atoms with Crippen LogP contribution in [0, 0.1) is 10.8 Å². The summed E-state index contributed by atoms with van der Waals surface area (Å²) in [5.74, 6) is -0.856. The fraction of sp³-hybridized carbons (Fsp3) is 0.379. The van der Waals surface area contributed by atoms with Crippen LogP contribution in [0.5, 0.6) is 0 Å². The van der Waals surface area contributed by atoms with E-state index < -0.39 is 11.4 Å². The van der Waals surface area contributed by atoms with E-state index in [1.165, 1.54) is 0 Å². The van der Waals surface area contributed by atoms with Crippen LogP contribution in [0.25, 0.3) is 22.0 Å². The van der Waals surface area contributed by atoms with Crippen LogP contribution in [-0.4, -0.2) is 53.6 Å². The van der Waals surface area contributed by atoms with Crippen LogP contribution in [0.4, 0.5) is 0 Å². The number of amides is 1. The number of aliphatic hydroxyl groups excluding tert-OH is 1. The Hall–Kier alpha value is -3.98. The second-order valence-electron chi connectivity index (χ2n) is 11.2. The molecule has 194 valence electrons. The van der Waals surface area contributed by atoms with Crippen LogP contribution in [0.1, 0.15) is 48.2 Å². The van der Waals surface area contributed by atoms with Gasteiger partial charge in [-0.25, -0.2) is 0 Å². The Morgan fingerprint density at radius 3 is 2.58 bits per heavy atom. The third-order valence-corrected chi connectivity index (χ3v) is 9.00. The number of carboxylic acids is 1. The molecule has 3 heterocycles. The third-order valence-electron chi connectivity index (χ3n) is 9.00. The fourth-order valence-electron chi connectivity index (χ4n) is 6.48. The largest absolute Gasteiger partial charge is 0.481 e. The molecule has 3 saturated carbocycles. The second kappa shape index (κ2) is 8.01. The standard InChI is InChI=1S/C29H29N5O4/c35-12-2-10-34-15-21(14-31-34)20-5-6-22(30-13-20)16-33-11-7-19-3-1-4-23(24(19)33)25(36)32-29(8-9-29)28-17-27(28,18-28)26(37)38/h1,3-7,11,13-15,35H,2,8-10,12,16-18H2,(H,32,36)(H,37,38). The summed E-state index contributed by atoms with van der Waals surface area (Å²) in [7, 11) is 0. The summed E-state index contributed by atoms with van der Waals surface area (Å²) < 4.78 is 3.87. The van der Waals surface area contributed by atoms with Crippen molar-refractivity contribution in [1.29, 1.82) is 0 Å². The van der Waals surface area contributed by atoms with Crippen molar-refractivity contribution in [2.45, 2.75) is 50.7 Å². The number of carboxylic acid groups (broad SMARTS) is 1. The molecule has 0 saturated heterocycles. The number of aryl methyl sites for hydroxylation is 1. The van der Waals surface area contributed by atoms with Crippen molar-refractivity contribution in [3.8, 4) is 11.1 Å². The number of fused-ring (bicyclic) bond motifs is 2. The molecule has 3 aliphatic rings. The molecule has 4 aromatic rings. The van der Waals surface area contributed by atoms with E-state index in [9.17, 15) is 14.7 Å². The molecule has 0 aliphatic heterocycles. The number of hydrogen-bond donors (Lipinski definition) is 3. The highest BCUT2D eigenvalue weighted by molar-refractivity contribution is 6.06. The average Bonchev–Trinajstić information content (AvgIpc) is 3.83. The lowest BCUT2D eigenvalue weighted by atomic mass is 10.0. The van der Waals surface area contributed by atoms with Crippen LogP contribution >= 0.6 is 0 Å². The van der Waals surface area contributed by atoms with Crippen molar-refractivity contribution in [2.24, 2.45) is 10.8 Å². The Bertz CT molecular complexity index is 1570. The van der Waals surface area contributed by atoms with Crippen molar-refractivity contribution in [3.63, 3.8) is 0 Å². The summed E-state index contributed by atoms with van der Waals surface area (Å²) in [6, 6.07) is 11.7. The molecule has 3 fully saturated rings. The van der Waals surface area contributed by atoms with Crippen molar-refractivity contribution in [3.05, 3.63) is 72.4 Å². The number of hydrogen-bond acceptors (Lipinski definition) is 5. The Balaban J connectivity index is 1.10. The van der Waals surface area contributed by atoms with Crippen molar-refractivity contribution >= 4 is 22.8 Å². The summed E-state index contributed by atoms with van der Waals surface area (Å²) in [5.41, 5.74) is 3.05. The first-order valence-electron chi connectivity index (χ1n) is 13.1. The summed E-state index contributed by atoms with van der Waals surface area (Å²) in [6.07, 6.45) is 11.3. The Morgan fingerprint density at radius 1 is 1.05 bits per heavy atom. The zero-order chi connectivity index (χ0) is 26.1. The Morgan fingerprint density at radius 2 is 1.89 bits per heavy atom. The van der Waals surface area contributed by atoms with Crippen LogP contribution in [0.3, 0.4) is 0 Å². The maximum Gasteiger partial charge on any atom is 0.310 e. The van der Waals surface area contributed by atoms with Gasteiger partial charge in [0, 0.05) is 59.2 Å². The zero-order valence-corrected chi connectivity index (χ0v) is 20.9. The van der Waals surface area contributed by atoms with Gasteiger partial charge in [-0.1, -0.05) is 18.2 Å². The normalized spacial score (nSPS) is 24.1. The summed E-state index contributed by atoms with van der Waals surface area (Å²) >= 11 is 0. The van der Waals surface area contributed by atoms with Gasteiger partial charge < -0.3 is 20.1 Å². The molecule has 3 N–H and O–H groups in total. The number of nitrogens with zero attached hydrogens (tertiary/aromatic N) is 4. The van der Waals surface area contributed by atoms with E-state index in [0.29, 0.717) is 37.9 Å². The molecule has 0 unspecified atom stereocenters. The molecule has 7 rings (SSSR count). The highest BCUT2D eigenvalue weighted by Crippen LogP contribution is 2.93. The molecule has 3 aromatic heterocycles. The van der Waals surface area contributed by atoms with Gasteiger partial charge in [-0.2, -0.15) is 5.10 Å². The summed E-state index contributed by atoms with van der Waals surface area (Å²) in [4.78, 5) is 29.9. The molecule has 9 heteroatoms. The van der Waals surface area contributed by atoms with Gasteiger partial charge in [-0.15, -0.1) is 0 Å². The zero-order valence-electron chi connectivity index (χ0n) is 20.9.